The summed E-state index contributed by atoms with van der Waals surface area (Å²) in [6.07, 6.45) is 0. The zero-order valence-electron chi connectivity index (χ0n) is 15.0. The molecule has 1 aliphatic heterocycles. The third kappa shape index (κ3) is 3.02. The van der Waals surface area contributed by atoms with Crippen molar-refractivity contribution in [2.24, 2.45) is 0 Å². The van der Waals surface area contributed by atoms with Crippen LogP contribution >= 0.6 is 22.7 Å². The zero-order valence-corrected chi connectivity index (χ0v) is 16.7. The van der Waals surface area contributed by atoms with Crippen molar-refractivity contribution in [2.75, 3.05) is 25.2 Å². The van der Waals surface area contributed by atoms with E-state index in [1.165, 1.54) is 22.7 Å². The van der Waals surface area contributed by atoms with E-state index in [0.717, 1.165) is 32.2 Å². The van der Waals surface area contributed by atoms with E-state index in [2.05, 4.69) is 4.98 Å². The van der Waals surface area contributed by atoms with E-state index in [1.54, 1.807) is 11.9 Å². The molecule has 0 spiro atoms. The van der Waals surface area contributed by atoms with Crippen molar-refractivity contribution in [3.8, 4) is 21.9 Å². The summed E-state index contributed by atoms with van der Waals surface area (Å²) in [5.74, 6) is 1.45. The van der Waals surface area contributed by atoms with Gasteiger partial charge in [-0.3, -0.25) is 9.69 Å². The fourth-order valence-corrected chi connectivity index (χ4v) is 4.96. The summed E-state index contributed by atoms with van der Waals surface area (Å²) >= 11 is 2.98. The highest BCUT2D eigenvalue weighted by atomic mass is 32.1. The molecule has 0 N–H and O–H groups in total. The molecule has 140 valence electrons. The normalized spacial score (nSPS) is 12.9. The van der Waals surface area contributed by atoms with Gasteiger partial charge in [-0.25, -0.2) is 4.98 Å². The van der Waals surface area contributed by atoms with Gasteiger partial charge in [0.2, 0.25) is 0 Å². The molecule has 1 aliphatic rings. The van der Waals surface area contributed by atoms with E-state index in [-0.39, 0.29) is 5.91 Å². The number of anilines is 1. The second-order valence-electron chi connectivity index (χ2n) is 6.35. The minimum Gasteiger partial charge on any atom is -0.486 e. The summed E-state index contributed by atoms with van der Waals surface area (Å²) in [5, 5.41) is 0.695. The number of aromatic nitrogens is 1. The van der Waals surface area contributed by atoms with Crippen molar-refractivity contribution in [1.29, 1.82) is 0 Å². The van der Waals surface area contributed by atoms with Gasteiger partial charge in [0.15, 0.2) is 16.6 Å². The Bertz CT molecular complexity index is 1150. The van der Waals surface area contributed by atoms with E-state index < -0.39 is 0 Å². The fourth-order valence-electron chi connectivity index (χ4n) is 3.06. The molecule has 2 aromatic heterocycles. The predicted octanol–water partition coefficient (Wildman–Crippen LogP) is 5.07. The van der Waals surface area contributed by atoms with Crippen LogP contribution in [0.15, 0.2) is 54.6 Å². The van der Waals surface area contributed by atoms with Gasteiger partial charge in [-0.05, 0) is 48.0 Å². The minimum absolute atomic E-state index is 0.0622. The number of ether oxygens (including phenoxy) is 2. The summed E-state index contributed by atoms with van der Waals surface area (Å²) in [5.41, 5.74) is 1.92. The number of rotatable bonds is 3. The maximum atomic E-state index is 13.0. The van der Waals surface area contributed by atoms with Crippen LogP contribution in [0.1, 0.15) is 9.67 Å². The van der Waals surface area contributed by atoms with Gasteiger partial charge in [0.05, 0.1) is 15.1 Å². The molecule has 4 aromatic rings. The quantitative estimate of drug-likeness (QED) is 0.475. The van der Waals surface area contributed by atoms with Gasteiger partial charge >= 0.3 is 0 Å². The number of fused-ring (bicyclic) bond motifs is 2. The van der Waals surface area contributed by atoms with Crippen LogP contribution in [0.4, 0.5) is 5.13 Å². The number of thiophene rings is 1. The lowest BCUT2D eigenvalue weighted by atomic mass is 10.1. The monoisotopic (exact) mass is 408 g/mol. The third-order valence-corrected chi connectivity index (χ3v) is 6.75. The van der Waals surface area contributed by atoms with Crippen molar-refractivity contribution in [3.63, 3.8) is 0 Å². The number of thiazole rings is 1. The van der Waals surface area contributed by atoms with Crippen LogP contribution in [0.3, 0.4) is 0 Å². The first-order valence-corrected chi connectivity index (χ1v) is 10.5. The summed E-state index contributed by atoms with van der Waals surface area (Å²) in [6.45, 7) is 1.12. The molecule has 28 heavy (non-hydrogen) atoms. The van der Waals surface area contributed by atoms with Crippen LogP contribution in [-0.2, 0) is 0 Å². The smallest absolute Gasteiger partial charge is 0.269 e. The van der Waals surface area contributed by atoms with Gasteiger partial charge in [0.1, 0.15) is 13.2 Å². The Morgan fingerprint density at radius 1 is 1.00 bits per heavy atom. The minimum atomic E-state index is -0.0622. The van der Waals surface area contributed by atoms with Crippen molar-refractivity contribution in [2.45, 2.75) is 0 Å². The fraction of sp³-hybridized carbons (Fsp3) is 0.143. The number of hydrogen-bond acceptors (Lipinski definition) is 6. The summed E-state index contributed by atoms with van der Waals surface area (Å²) < 4.78 is 12.3. The van der Waals surface area contributed by atoms with Gasteiger partial charge in [-0.15, -0.1) is 11.3 Å². The van der Waals surface area contributed by atoms with Crippen molar-refractivity contribution in [1.82, 2.24) is 4.98 Å². The average Bonchev–Trinajstić information content (AvgIpc) is 3.39. The van der Waals surface area contributed by atoms with Gasteiger partial charge < -0.3 is 9.47 Å². The molecule has 0 radical (unpaired) electrons. The number of carbonyl (C=O) groups is 1. The molecular weight excluding hydrogens is 392 g/mol. The first-order chi connectivity index (χ1) is 13.7. The van der Waals surface area contributed by atoms with Gasteiger partial charge in [0.25, 0.3) is 5.91 Å². The highest BCUT2D eigenvalue weighted by molar-refractivity contribution is 7.22. The van der Waals surface area contributed by atoms with Gasteiger partial charge in [-0.2, -0.15) is 0 Å². The van der Waals surface area contributed by atoms with Crippen LogP contribution < -0.4 is 14.4 Å². The van der Waals surface area contributed by atoms with Crippen molar-refractivity contribution in [3.05, 3.63) is 59.5 Å². The molecule has 3 heterocycles. The molecule has 1 amide bonds. The Labute approximate surface area is 169 Å². The second-order valence-corrected chi connectivity index (χ2v) is 8.44. The van der Waals surface area contributed by atoms with E-state index >= 15 is 0 Å². The molecule has 0 bridgehead atoms. The largest absolute Gasteiger partial charge is 0.486 e. The van der Waals surface area contributed by atoms with E-state index in [4.69, 9.17) is 9.47 Å². The summed E-state index contributed by atoms with van der Waals surface area (Å²) in [4.78, 5) is 20.8. The summed E-state index contributed by atoms with van der Waals surface area (Å²) in [6, 6.07) is 17.6. The number of amides is 1. The third-order valence-electron chi connectivity index (χ3n) is 4.52. The lowest BCUT2D eigenvalue weighted by molar-refractivity contribution is 0.0997. The SMILES string of the molecule is CN(C(=O)c1ccc(-c2ccc3c(c2)OCCO3)s1)c1nc2ccccc2s1. The number of para-hydroxylation sites is 1. The number of benzene rings is 2. The van der Waals surface area contributed by atoms with Crippen molar-refractivity contribution < 1.29 is 14.3 Å². The lowest BCUT2D eigenvalue weighted by Gasteiger charge is -2.18. The van der Waals surface area contributed by atoms with Crippen LogP contribution in [0.2, 0.25) is 0 Å². The molecule has 0 saturated heterocycles. The van der Waals surface area contributed by atoms with Crippen LogP contribution in [-0.4, -0.2) is 31.2 Å². The Morgan fingerprint density at radius 3 is 2.68 bits per heavy atom. The molecule has 0 saturated carbocycles. The highest BCUT2D eigenvalue weighted by Gasteiger charge is 2.20. The van der Waals surface area contributed by atoms with E-state index in [9.17, 15) is 4.79 Å². The second kappa shape index (κ2) is 6.92. The number of nitrogens with zero attached hydrogens (tertiary/aromatic N) is 2. The van der Waals surface area contributed by atoms with Gasteiger partial charge in [-0.1, -0.05) is 23.5 Å². The Balaban J connectivity index is 1.41. The van der Waals surface area contributed by atoms with Crippen LogP contribution in [0, 0.1) is 0 Å². The Morgan fingerprint density at radius 2 is 1.82 bits per heavy atom. The zero-order chi connectivity index (χ0) is 19.1. The molecule has 0 atom stereocenters. The molecule has 5 rings (SSSR count). The average molecular weight is 409 g/mol. The topological polar surface area (TPSA) is 51.7 Å². The first kappa shape index (κ1) is 17.2. The lowest BCUT2D eigenvalue weighted by Crippen LogP contribution is -2.25. The number of hydrogen-bond donors (Lipinski definition) is 0. The van der Waals surface area contributed by atoms with Gasteiger partial charge in [0, 0.05) is 11.9 Å². The molecular formula is C21H16N2O3S2. The highest BCUT2D eigenvalue weighted by Crippen LogP contribution is 2.37. The standard InChI is InChI=1S/C21H16N2O3S2/c1-23(21-22-14-4-2-3-5-18(14)28-21)20(24)19-9-8-17(27-19)13-6-7-15-16(12-13)26-11-10-25-15/h2-9,12H,10-11H2,1H3. The molecule has 0 unspecified atom stereocenters. The molecule has 0 aliphatic carbocycles. The van der Waals surface area contributed by atoms with E-state index in [1.807, 2.05) is 54.6 Å². The Kier molecular flexibility index (Phi) is 4.26. The van der Waals surface area contributed by atoms with E-state index in [0.29, 0.717) is 23.2 Å². The van der Waals surface area contributed by atoms with Crippen molar-refractivity contribution >= 4 is 43.9 Å². The van der Waals surface area contributed by atoms with Crippen LogP contribution in [0.5, 0.6) is 11.5 Å². The Hall–Kier alpha value is -2.90. The predicted molar refractivity (Wildman–Crippen MR) is 113 cm³/mol. The molecule has 7 heteroatoms. The van der Waals surface area contributed by atoms with Crippen LogP contribution in [0.25, 0.3) is 20.7 Å². The maximum absolute atomic E-state index is 13.0. The molecule has 5 nitrogen and oxygen atoms in total. The molecule has 0 fully saturated rings. The number of carbonyl (C=O) groups excluding carboxylic acids is 1. The molecule has 2 aromatic carbocycles. The maximum Gasteiger partial charge on any atom is 0.269 e. The first-order valence-electron chi connectivity index (χ1n) is 8.82. The summed E-state index contributed by atoms with van der Waals surface area (Å²) in [7, 11) is 1.77.